The minimum absolute atomic E-state index is 0. The van der Waals surface area contributed by atoms with Gasteiger partial charge in [0, 0.05) is 49.6 Å². The molecular formula is C24H28Ag2N6O18. The van der Waals surface area contributed by atoms with Gasteiger partial charge in [0.1, 0.15) is 0 Å². The molecule has 0 aliphatic rings. The number of nitrogens with zero attached hydrogens (tertiary/aromatic N) is 6. The van der Waals surface area contributed by atoms with E-state index in [0.29, 0.717) is 0 Å². The second-order valence-corrected chi connectivity index (χ2v) is 6.61. The summed E-state index contributed by atoms with van der Waals surface area (Å²) >= 11 is 0. The molecule has 4 aromatic rings. The van der Waals surface area contributed by atoms with Crippen molar-refractivity contribution in [3.63, 3.8) is 0 Å². The SMILES string of the molecule is O.O.O.O.O=C(O)c1ccncc1.O=C(O)c1ccncc1.O=C(O)c1ccncc1.O=C(O)c1ccncc1.O=[N+]([O-])[O-].O=[N+]([O-])[O-].[Ag+].[Ag+]. The topological polar surface area (TPSA) is 459 Å². The summed E-state index contributed by atoms with van der Waals surface area (Å²) in [4.78, 5) is 71.9. The Balaban J connectivity index is -0.0000000706. The Labute approximate surface area is 310 Å². The number of carbonyl (C=O) groups is 4. The molecule has 0 aliphatic heterocycles. The van der Waals surface area contributed by atoms with E-state index < -0.39 is 34.1 Å². The summed E-state index contributed by atoms with van der Waals surface area (Å²) in [5.41, 5.74) is 1.07. The molecule has 0 fully saturated rings. The molecule has 26 heteroatoms. The third-order valence-electron chi connectivity index (χ3n) is 3.71. The zero-order valence-electron chi connectivity index (χ0n) is 24.4. The van der Waals surface area contributed by atoms with Crippen molar-refractivity contribution >= 4 is 23.9 Å². The zero-order chi connectivity index (χ0) is 33.9. The minimum atomic E-state index is -1.75. The smallest absolute Gasteiger partial charge is 0.478 e. The summed E-state index contributed by atoms with van der Waals surface area (Å²) in [6.07, 6.45) is 11.6. The second kappa shape index (κ2) is 39.4. The van der Waals surface area contributed by atoms with E-state index in [1.807, 2.05) is 0 Å². The number of hydrogen-bond donors (Lipinski definition) is 4. The van der Waals surface area contributed by atoms with Crippen LogP contribution in [0.15, 0.2) is 98.1 Å². The first-order valence-electron chi connectivity index (χ1n) is 10.8. The van der Waals surface area contributed by atoms with Gasteiger partial charge in [-0.3, -0.25) is 19.9 Å². The molecule has 0 amide bonds. The van der Waals surface area contributed by atoms with Crippen molar-refractivity contribution < 1.29 is 116 Å². The minimum Gasteiger partial charge on any atom is -0.478 e. The number of aromatic carboxylic acids is 4. The number of hydrogen-bond acceptors (Lipinski definition) is 14. The van der Waals surface area contributed by atoms with Crippen LogP contribution >= 0.6 is 0 Å². The van der Waals surface area contributed by atoms with Crippen molar-refractivity contribution in [3.05, 3.63) is 151 Å². The maximum absolute atomic E-state index is 10.2. The van der Waals surface area contributed by atoms with Gasteiger partial charge in [0.2, 0.25) is 0 Å². The molecule has 0 bridgehead atoms. The number of carboxylic acids is 4. The molecular weight excluding hydrogens is 876 g/mol. The van der Waals surface area contributed by atoms with E-state index >= 15 is 0 Å². The third kappa shape index (κ3) is 40.2. The van der Waals surface area contributed by atoms with Crippen molar-refractivity contribution in [1.82, 2.24) is 19.9 Å². The molecule has 0 aliphatic carbocycles. The first-order chi connectivity index (χ1) is 20.7. The van der Waals surface area contributed by atoms with Crippen LogP contribution in [0.5, 0.6) is 0 Å². The summed E-state index contributed by atoms with van der Waals surface area (Å²) in [7, 11) is 0. The molecule has 12 N–H and O–H groups in total. The Morgan fingerprint density at radius 2 is 0.500 bits per heavy atom. The van der Waals surface area contributed by atoms with Crippen molar-refractivity contribution in [2.75, 3.05) is 0 Å². The molecule has 0 saturated carbocycles. The fourth-order valence-corrected chi connectivity index (χ4v) is 1.98. The molecule has 0 saturated heterocycles. The van der Waals surface area contributed by atoms with Crippen molar-refractivity contribution in [2.24, 2.45) is 0 Å². The van der Waals surface area contributed by atoms with Gasteiger partial charge in [-0.15, -0.1) is 0 Å². The molecule has 0 atom stereocenters. The van der Waals surface area contributed by atoms with E-state index in [2.05, 4.69) is 19.9 Å². The first kappa shape index (κ1) is 62.9. The summed E-state index contributed by atoms with van der Waals surface area (Å²) in [6.45, 7) is 0. The van der Waals surface area contributed by atoms with Crippen LogP contribution in [0.2, 0.25) is 0 Å². The predicted molar refractivity (Wildman–Crippen MR) is 160 cm³/mol. The normalized spacial score (nSPS) is 7.36. The fourth-order valence-electron chi connectivity index (χ4n) is 1.98. The van der Waals surface area contributed by atoms with Crippen LogP contribution in [0.4, 0.5) is 0 Å². The Morgan fingerprint density at radius 3 is 0.560 bits per heavy atom. The van der Waals surface area contributed by atoms with Gasteiger partial charge in [0.15, 0.2) is 0 Å². The summed E-state index contributed by atoms with van der Waals surface area (Å²) in [6, 6.07) is 11.6. The molecule has 4 heterocycles. The molecule has 0 aromatic carbocycles. The summed E-state index contributed by atoms with van der Waals surface area (Å²) < 4.78 is 0. The molecule has 4 rings (SSSR count). The van der Waals surface area contributed by atoms with E-state index in [9.17, 15) is 19.2 Å². The van der Waals surface area contributed by atoms with Crippen LogP contribution in [0, 0.1) is 30.6 Å². The van der Waals surface area contributed by atoms with Gasteiger partial charge >= 0.3 is 68.6 Å². The van der Waals surface area contributed by atoms with Crippen LogP contribution in [0.25, 0.3) is 0 Å². The summed E-state index contributed by atoms with van der Waals surface area (Å²) in [5, 5.41) is 62.9. The van der Waals surface area contributed by atoms with E-state index in [-0.39, 0.29) is 88.9 Å². The van der Waals surface area contributed by atoms with Crippen LogP contribution in [-0.4, -0.2) is 96.3 Å². The predicted octanol–water partition coefficient (Wildman–Crippen LogP) is -0.663. The van der Waals surface area contributed by atoms with Gasteiger partial charge in [0.25, 0.3) is 0 Å². The quantitative estimate of drug-likeness (QED) is 0.112. The molecule has 50 heavy (non-hydrogen) atoms. The van der Waals surface area contributed by atoms with Crippen molar-refractivity contribution in [1.29, 1.82) is 0 Å². The van der Waals surface area contributed by atoms with Crippen LogP contribution in [0.3, 0.4) is 0 Å². The van der Waals surface area contributed by atoms with Gasteiger partial charge in [-0.2, -0.15) is 0 Å². The molecule has 0 spiro atoms. The van der Waals surface area contributed by atoms with Crippen LogP contribution < -0.4 is 0 Å². The number of carboxylic acid groups (broad SMARTS) is 4. The number of pyridine rings is 4. The largest absolute Gasteiger partial charge is 1.00 e. The van der Waals surface area contributed by atoms with E-state index in [0.717, 1.165) is 0 Å². The maximum Gasteiger partial charge on any atom is 1.00 e. The Morgan fingerprint density at radius 1 is 0.400 bits per heavy atom. The van der Waals surface area contributed by atoms with E-state index in [4.69, 9.17) is 51.1 Å². The molecule has 284 valence electrons. The van der Waals surface area contributed by atoms with Gasteiger partial charge in [-0.25, -0.2) is 19.2 Å². The Kier molecular flexibility index (Phi) is 49.6. The zero-order valence-corrected chi connectivity index (χ0v) is 27.4. The average Bonchev–Trinajstić information content (AvgIpc) is 2.99. The van der Waals surface area contributed by atoms with Crippen molar-refractivity contribution in [2.45, 2.75) is 0 Å². The standard InChI is InChI=1S/4C6H5NO2.2Ag.2NO3.4H2O/c4*8-6(9)5-1-3-7-4-2-5;;;2*2-1(3)4;;;;/h4*1-4H,(H,8,9);;;;;4*1H2/q;;;;2*+1;2*-1;;;;. The number of aromatic nitrogens is 4. The van der Waals surface area contributed by atoms with Gasteiger partial charge in [-0.1, -0.05) is 0 Å². The Bertz CT molecular complexity index is 1230. The molecule has 4 aromatic heterocycles. The molecule has 0 radical (unpaired) electrons. The van der Waals surface area contributed by atoms with E-state index in [1.54, 1.807) is 0 Å². The van der Waals surface area contributed by atoms with Gasteiger partial charge < -0.3 is 73.0 Å². The van der Waals surface area contributed by atoms with Gasteiger partial charge in [0.05, 0.1) is 32.4 Å². The monoisotopic (exact) mass is 902 g/mol. The van der Waals surface area contributed by atoms with E-state index in [1.165, 1.54) is 98.1 Å². The maximum atomic E-state index is 10.2. The second-order valence-electron chi connectivity index (χ2n) is 6.61. The average molecular weight is 904 g/mol. The van der Waals surface area contributed by atoms with Gasteiger partial charge in [-0.05, 0) is 48.5 Å². The Hall–Kier alpha value is -5.80. The van der Waals surface area contributed by atoms with Crippen LogP contribution in [0.1, 0.15) is 41.4 Å². The third-order valence-corrected chi connectivity index (χ3v) is 3.71. The number of rotatable bonds is 4. The molecule has 0 unspecified atom stereocenters. The molecule has 24 nitrogen and oxygen atoms in total. The first-order valence-corrected chi connectivity index (χ1v) is 10.8. The van der Waals surface area contributed by atoms with Crippen molar-refractivity contribution in [3.8, 4) is 0 Å². The summed E-state index contributed by atoms with van der Waals surface area (Å²) in [5.74, 6) is -3.68. The van der Waals surface area contributed by atoms with Crippen LogP contribution in [-0.2, 0) is 44.8 Å². The fraction of sp³-hybridized carbons (Fsp3) is 0.